The fourth-order valence-corrected chi connectivity index (χ4v) is 2.09. The highest BCUT2D eigenvalue weighted by atomic mass is 16.5. The Morgan fingerprint density at radius 3 is 2.43 bits per heavy atom. The summed E-state index contributed by atoms with van der Waals surface area (Å²) in [5.74, 6) is 0.0254. The van der Waals surface area contributed by atoms with E-state index in [1.165, 1.54) is 7.11 Å². The molecule has 0 aliphatic heterocycles. The summed E-state index contributed by atoms with van der Waals surface area (Å²) in [6, 6.07) is 19.5. The highest BCUT2D eigenvalue weighted by Crippen LogP contribution is 2.26. The van der Waals surface area contributed by atoms with Crippen molar-refractivity contribution in [2.45, 2.75) is 0 Å². The van der Waals surface area contributed by atoms with Gasteiger partial charge in [0, 0.05) is 11.6 Å². The Morgan fingerprint density at radius 2 is 1.67 bits per heavy atom. The number of rotatable bonds is 3. The van der Waals surface area contributed by atoms with Crippen LogP contribution in [0.15, 0.2) is 65.2 Å². The zero-order chi connectivity index (χ0) is 14.7. The molecule has 0 bridgehead atoms. The monoisotopic (exact) mass is 279 g/mol. The lowest BCUT2D eigenvalue weighted by atomic mass is 10.0. The van der Waals surface area contributed by atoms with E-state index in [1.807, 2.05) is 54.6 Å². The lowest BCUT2D eigenvalue weighted by Gasteiger charge is -2.03. The van der Waals surface area contributed by atoms with Crippen molar-refractivity contribution in [3.8, 4) is 22.5 Å². The van der Waals surface area contributed by atoms with Gasteiger partial charge in [0.2, 0.25) is 0 Å². The lowest BCUT2D eigenvalue weighted by Crippen LogP contribution is -2.00. The van der Waals surface area contributed by atoms with E-state index in [4.69, 9.17) is 4.52 Å². The van der Waals surface area contributed by atoms with E-state index < -0.39 is 5.97 Å². The average Bonchev–Trinajstić information content (AvgIpc) is 3.05. The lowest BCUT2D eigenvalue weighted by molar-refractivity contribution is 0.0589. The normalized spacial score (nSPS) is 10.3. The van der Waals surface area contributed by atoms with Crippen LogP contribution in [0.5, 0.6) is 0 Å². The highest BCUT2D eigenvalue weighted by Gasteiger charge is 2.14. The van der Waals surface area contributed by atoms with Crippen molar-refractivity contribution in [3.63, 3.8) is 0 Å². The molecule has 104 valence electrons. The Bertz CT molecular complexity index is 762. The van der Waals surface area contributed by atoms with Crippen molar-refractivity contribution >= 4 is 5.97 Å². The zero-order valence-electron chi connectivity index (χ0n) is 11.4. The van der Waals surface area contributed by atoms with Crippen molar-refractivity contribution in [2.24, 2.45) is 0 Å². The minimum atomic E-state index is -0.510. The van der Waals surface area contributed by atoms with Crippen molar-refractivity contribution in [3.05, 3.63) is 66.4 Å². The second kappa shape index (κ2) is 5.63. The topological polar surface area (TPSA) is 52.3 Å². The first-order valence-electron chi connectivity index (χ1n) is 6.49. The Morgan fingerprint density at radius 1 is 0.952 bits per heavy atom. The second-order valence-corrected chi connectivity index (χ2v) is 4.51. The van der Waals surface area contributed by atoms with Crippen LogP contribution in [-0.2, 0) is 4.74 Å². The van der Waals surface area contributed by atoms with Gasteiger partial charge in [0.1, 0.15) is 0 Å². The molecule has 0 unspecified atom stereocenters. The number of ether oxygens (including phenoxy) is 1. The molecule has 21 heavy (non-hydrogen) atoms. The summed E-state index contributed by atoms with van der Waals surface area (Å²) in [6.07, 6.45) is 0. The van der Waals surface area contributed by atoms with Crippen LogP contribution in [0.4, 0.5) is 0 Å². The maximum Gasteiger partial charge on any atom is 0.360 e. The number of hydrogen-bond donors (Lipinski definition) is 0. The maximum absolute atomic E-state index is 11.4. The molecule has 1 aromatic heterocycles. The Labute approximate surface area is 122 Å². The van der Waals surface area contributed by atoms with Crippen LogP contribution >= 0.6 is 0 Å². The first kappa shape index (κ1) is 13.1. The minimum absolute atomic E-state index is 0.164. The Kier molecular flexibility index (Phi) is 3.51. The summed E-state index contributed by atoms with van der Waals surface area (Å²) in [5, 5.41) is 3.72. The molecule has 0 saturated carbocycles. The number of hydrogen-bond acceptors (Lipinski definition) is 4. The van der Waals surface area contributed by atoms with Gasteiger partial charge in [-0.05, 0) is 17.2 Å². The number of esters is 1. The summed E-state index contributed by atoms with van der Waals surface area (Å²) in [4.78, 5) is 11.4. The summed E-state index contributed by atoms with van der Waals surface area (Å²) >= 11 is 0. The number of nitrogens with zero attached hydrogens (tertiary/aromatic N) is 1. The van der Waals surface area contributed by atoms with Gasteiger partial charge in [-0.2, -0.15) is 0 Å². The molecule has 4 nitrogen and oxygen atoms in total. The Balaban J connectivity index is 1.97. The van der Waals surface area contributed by atoms with Gasteiger partial charge in [-0.25, -0.2) is 4.79 Å². The molecular formula is C17H13NO3. The molecule has 0 fully saturated rings. The molecule has 0 radical (unpaired) electrons. The smallest absolute Gasteiger partial charge is 0.360 e. The third kappa shape index (κ3) is 2.69. The third-order valence-corrected chi connectivity index (χ3v) is 3.16. The first-order chi connectivity index (χ1) is 10.3. The van der Waals surface area contributed by atoms with Crippen LogP contribution in [0.2, 0.25) is 0 Å². The predicted octanol–water partition coefficient (Wildman–Crippen LogP) is 3.80. The van der Waals surface area contributed by atoms with E-state index in [-0.39, 0.29) is 5.69 Å². The molecular weight excluding hydrogens is 266 g/mol. The number of carbonyl (C=O) groups excluding carboxylic acids is 1. The van der Waals surface area contributed by atoms with Crippen LogP contribution in [0.25, 0.3) is 22.5 Å². The fourth-order valence-electron chi connectivity index (χ4n) is 2.09. The number of methoxy groups -OCH3 is 1. The molecule has 0 aliphatic rings. The average molecular weight is 279 g/mol. The van der Waals surface area contributed by atoms with E-state index >= 15 is 0 Å². The van der Waals surface area contributed by atoms with Crippen LogP contribution in [-0.4, -0.2) is 18.2 Å². The standard InChI is InChI=1S/C17H13NO3/c1-20-17(19)15-11-16(21-18-15)14-9-5-8-13(10-14)12-6-3-2-4-7-12/h2-11H,1H3. The molecule has 4 heteroatoms. The third-order valence-electron chi connectivity index (χ3n) is 3.16. The van der Waals surface area contributed by atoms with Gasteiger partial charge in [0.25, 0.3) is 0 Å². The number of carbonyl (C=O) groups is 1. The van der Waals surface area contributed by atoms with Gasteiger partial charge in [0.15, 0.2) is 11.5 Å². The number of aromatic nitrogens is 1. The number of benzene rings is 2. The molecule has 1 heterocycles. The first-order valence-corrected chi connectivity index (χ1v) is 6.49. The van der Waals surface area contributed by atoms with Crippen LogP contribution in [0.1, 0.15) is 10.5 Å². The van der Waals surface area contributed by atoms with Crippen molar-refractivity contribution in [2.75, 3.05) is 7.11 Å². The van der Waals surface area contributed by atoms with Gasteiger partial charge < -0.3 is 9.26 Å². The van der Waals surface area contributed by atoms with Gasteiger partial charge >= 0.3 is 5.97 Å². The van der Waals surface area contributed by atoms with E-state index in [1.54, 1.807) is 6.07 Å². The van der Waals surface area contributed by atoms with Gasteiger partial charge in [-0.15, -0.1) is 0 Å². The molecule has 0 N–H and O–H groups in total. The van der Waals surface area contributed by atoms with Crippen molar-refractivity contribution < 1.29 is 14.1 Å². The van der Waals surface area contributed by atoms with Crippen molar-refractivity contribution in [1.29, 1.82) is 0 Å². The van der Waals surface area contributed by atoms with Crippen LogP contribution in [0, 0.1) is 0 Å². The van der Waals surface area contributed by atoms with Gasteiger partial charge in [-0.3, -0.25) is 0 Å². The predicted molar refractivity (Wildman–Crippen MR) is 78.7 cm³/mol. The molecule has 2 aromatic carbocycles. The van der Waals surface area contributed by atoms with Crippen molar-refractivity contribution in [1.82, 2.24) is 5.16 Å². The van der Waals surface area contributed by atoms with Gasteiger partial charge in [0.05, 0.1) is 7.11 Å². The molecule has 0 saturated heterocycles. The second-order valence-electron chi connectivity index (χ2n) is 4.51. The maximum atomic E-state index is 11.4. The highest BCUT2D eigenvalue weighted by molar-refractivity contribution is 5.88. The molecule has 3 aromatic rings. The van der Waals surface area contributed by atoms with Crippen LogP contribution in [0.3, 0.4) is 0 Å². The largest absolute Gasteiger partial charge is 0.464 e. The minimum Gasteiger partial charge on any atom is -0.464 e. The molecule has 0 spiro atoms. The SMILES string of the molecule is COC(=O)c1cc(-c2cccc(-c3ccccc3)c2)on1. The van der Waals surface area contributed by atoms with E-state index in [2.05, 4.69) is 9.89 Å². The van der Waals surface area contributed by atoms with E-state index in [0.29, 0.717) is 5.76 Å². The molecule has 0 atom stereocenters. The summed E-state index contributed by atoms with van der Waals surface area (Å²) in [6.45, 7) is 0. The molecule has 0 aliphatic carbocycles. The Hall–Kier alpha value is -2.88. The summed E-state index contributed by atoms with van der Waals surface area (Å²) in [5.41, 5.74) is 3.22. The molecule has 3 rings (SSSR count). The fraction of sp³-hybridized carbons (Fsp3) is 0.0588. The zero-order valence-corrected chi connectivity index (χ0v) is 11.4. The quantitative estimate of drug-likeness (QED) is 0.684. The van der Waals surface area contributed by atoms with E-state index in [0.717, 1.165) is 16.7 Å². The summed E-state index contributed by atoms with van der Waals surface area (Å²) < 4.78 is 9.83. The van der Waals surface area contributed by atoms with Gasteiger partial charge in [-0.1, -0.05) is 53.7 Å². The van der Waals surface area contributed by atoms with E-state index in [9.17, 15) is 4.79 Å². The summed E-state index contributed by atoms with van der Waals surface area (Å²) in [7, 11) is 1.31. The van der Waals surface area contributed by atoms with Crippen LogP contribution < -0.4 is 0 Å². The molecule has 0 amide bonds.